The molecule has 0 unspecified atom stereocenters. The first-order valence-corrected chi connectivity index (χ1v) is 8.40. The second-order valence-electron chi connectivity index (χ2n) is 7.38. The highest BCUT2D eigenvalue weighted by Crippen LogP contribution is 2.20. The molecule has 7 heteroatoms. The smallest absolute Gasteiger partial charge is 0.318 e. The zero-order valence-electron chi connectivity index (χ0n) is 15.1. The number of ether oxygens (including phenoxy) is 1. The molecular formula is C18H24N4O3. The standard InChI is InChI=1S/C18H24N4O3/c1-12-6-5-7-13(8-12)24-14-10-22(11-14)17(23)19-9-15-20-16(21-25-15)18(2,3)4/h5-8,14H,9-11H2,1-4H3,(H,19,23). The van der Waals surface area contributed by atoms with Crippen molar-refractivity contribution in [1.29, 1.82) is 0 Å². The number of hydrogen-bond donors (Lipinski definition) is 1. The van der Waals surface area contributed by atoms with Crippen LogP contribution in [0.1, 0.15) is 38.0 Å². The quantitative estimate of drug-likeness (QED) is 0.922. The van der Waals surface area contributed by atoms with E-state index in [4.69, 9.17) is 9.26 Å². The summed E-state index contributed by atoms with van der Waals surface area (Å²) in [4.78, 5) is 18.1. The van der Waals surface area contributed by atoms with Crippen LogP contribution in [-0.2, 0) is 12.0 Å². The number of nitrogens with zero attached hydrogens (tertiary/aromatic N) is 3. The van der Waals surface area contributed by atoms with Crippen LogP contribution < -0.4 is 10.1 Å². The van der Waals surface area contributed by atoms with E-state index < -0.39 is 0 Å². The van der Waals surface area contributed by atoms with E-state index in [2.05, 4.69) is 15.5 Å². The second kappa shape index (κ2) is 6.74. The van der Waals surface area contributed by atoms with Gasteiger partial charge >= 0.3 is 6.03 Å². The molecule has 2 aromatic rings. The molecule has 1 aromatic carbocycles. The molecule has 0 aliphatic carbocycles. The Hall–Kier alpha value is -2.57. The number of aryl methyl sites for hydroxylation is 1. The maximum absolute atomic E-state index is 12.1. The van der Waals surface area contributed by atoms with Crippen molar-refractivity contribution in [3.8, 4) is 5.75 Å². The molecule has 1 fully saturated rings. The van der Waals surface area contributed by atoms with Crippen LogP contribution in [0.25, 0.3) is 0 Å². The van der Waals surface area contributed by atoms with Crippen LogP contribution in [0.15, 0.2) is 28.8 Å². The van der Waals surface area contributed by atoms with E-state index in [0.717, 1.165) is 11.3 Å². The lowest BCUT2D eigenvalue weighted by Crippen LogP contribution is -2.58. The summed E-state index contributed by atoms with van der Waals surface area (Å²) in [6.07, 6.45) is 0.0310. The first-order valence-electron chi connectivity index (χ1n) is 8.40. The number of hydrogen-bond acceptors (Lipinski definition) is 5. The van der Waals surface area contributed by atoms with Crippen molar-refractivity contribution < 1.29 is 14.1 Å². The predicted molar refractivity (Wildman–Crippen MR) is 92.4 cm³/mol. The minimum Gasteiger partial charge on any atom is -0.487 e. The van der Waals surface area contributed by atoms with Gasteiger partial charge < -0.3 is 19.5 Å². The Morgan fingerprint density at radius 3 is 2.80 bits per heavy atom. The largest absolute Gasteiger partial charge is 0.487 e. The fourth-order valence-corrected chi connectivity index (χ4v) is 2.45. The molecule has 0 bridgehead atoms. The summed E-state index contributed by atoms with van der Waals surface area (Å²) in [5, 5.41) is 6.73. The zero-order valence-corrected chi connectivity index (χ0v) is 15.1. The highest BCUT2D eigenvalue weighted by molar-refractivity contribution is 5.75. The van der Waals surface area contributed by atoms with Crippen LogP contribution >= 0.6 is 0 Å². The normalized spacial score (nSPS) is 15.0. The summed E-state index contributed by atoms with van der Waals surface area (Å²) >= 11 is 0. The molecule has 2 amide bonds. The molecule has 1 aliphatic rings. The third-order valence-corrected chi connectivity index (χ3v) is 3.96. The summed E-state index contributed by atoms with van der Waals surface area (Å²) < 4.78 is 11.0. The topological polar surface area (TPSA) is 80.5 Å². The van der Waals surface area contributed by atoms with Gasteiger partial charge in [0.15, 0.2) is 5.82 Å². The van der Waals surface area contributed by atoms with Crippen molar-refractivity contribution in [2.24, 2.45) is 0 Å². The molecule has 2 heterocycles. The van der Waals surface area contributed by atoms with Crippen LogP contribution in [0.5, 0.6) is 5.75 Å². The van der Waals surface area contributed by atoms with Crippen molar-refractivity contribution >= 4 is 6.03 Å². The van der Waals surface area contributed by atoms with Gasteiger partial charge in [-0.15, -0.1) is 0 Å². The minimum atomic E-state index is -0.177. The molecule has 134 valence electrons. The van der Waals surface area contributed by atoms with Crippen molar-refractivity contribution in [3.63, 3.8) is 0 Å². The van der Waals surface area contributed by atoms with E-state index in [1.165, 1.54) is 0 Å². The number of aromatic nitrogens is 2. The summed E-state index contributed by atoms with van der Waals surface area (Å²) in [5.74, 6) is 1.88. The third kappa shape index (κ3) is 4.29. The van der Waals surface area contributed by atoms with E-state index in [1.807, 2.05) is 52.0 Å². The van der Waals surface area contributed by atoms with Gasteiger partial charge in [0.2, 0.25) is 5.89 Å². The van der Waals surface area contributed by atoms with Gasteiger partial charge in [-0.3, -0.25) is 0 Å². The average molecular weight is 344 g/mol. The number of rotatable bonds is 4. The monoisotopic (exact) mass is 344 g/mol. The zero-order chi connectivity index (χ0) is 18.0. The van der Waals surface area contributed by atoms with Crippen molar-refractivity contribution in [2.45, 2.75) is 45.8 Å². The summed E-state index contributed by atoms with van der Waals surface area (Å²) in [6, 6.07) is 7.75. The first kappa shape index (κ1) is 17.3. The number of carbonyl (C=O) groups excluding carboxylic acids is 1. The molecule has 0 atom stereocenters. The lowest BCUT2D eigenvalue weighted by Gasteiger charge is -2.38. The molecule has 1 aliphatic heterocycles. The average Bonchev–Trinajstić information content (AvgIpc) is 2.97. The summed E-state index contributed by atoms with van der Waals surface area (Å²) in [6.45, 7) is 9.41. The van der Waals surface area contributed by atoms with Crippen LogP contribution in [0.4, 0.5) is 4.79 Å². The van der Waals surface area contributed by atoms with Crippen molar-refractivity contribution in [2.75, 3.05) is 13.1 Å². The molecule has 1 N–H and O–H groups in total. The number of benzene rings is 1. The molecule has 7 nitrogen and oxygen atoms in total. The maximum atomic E-state index is 12.1. The van der Waals surface area contributed by atoms with Gasteiger partial charge in [-0.1, -0.05) is 38.1 Å². The second-order valence-corrected chi connectivity index (χ2v) is 7.38. The highest BCUT2D eigenvalue weighted by atomic mass is 16.5. The van der Waals surface area contributed by atoms with Gasteiger partial charge in [0.25, 0.3) is 0 Å². The molecule has 1 aromatic heterocycles. The van der Waals surface area contributed by atoms with Gasteiger partial charge in [-0.05, 0) is 24.6 Å². The van der Waals surface area contributed by atoms with Gasteiger partial charge in [0, 0.05) is 5.41 Å². The predicted octanol–water partition coefficient (Wildman–Crippen LogP) is 2.65. The number of likely N-dealkylation sites (tertiary alicyclic amines) is 1. The molecule has 0 spiro atoms. The van der Waals surface area contributed by atoms with Crippen LogP contribution in [0.3, 0.4) is 0 Å². The van der Waals surface area contributed by atoms with Crippen LogP contribution in [0.2, 0.25) is 0 Å². The fraction of sp³-hybridized carbons (Fsp3) is 0.500. The lowest BCUT2D eigenvalue weighted by atomic mass is 9.96. The van der Waals surface area contributed by atoms with Crippen molar-refractivity contribution in [1.82, 2.24) is 20.4 Å². The highest BCUT2D eigenvalue weighted by Gasteiger charge is 2.32. The Kier molecular flexibility index (Phi) is 4.65. The van der Waals surface area contributed by atoms with Gasteiger partial charge in [-0.25, -0.2) is 4.79 Å². The summed E-state index contributed by atoms with van der Waals surface area (Å²) in [7, 11) is 0. The maximum Gasteiger partial charge on any atom is 0.318 e. The van der Waals surface area contributed by atoms with Gasteiger partial charge in [-0.2, -0.15) is 4.98 Å². The number of carbonyl (C=O) groups is 1. The summed E-state index contributed by atoms with van der Waals surface area (Å²) in [5.41, 5.74) is 0.976. The molecule has 0 saturated carbocycles. The molecule has 0 radical (unpaired) electrons. The third-order valence-electron chi connectivity index (χ3n) is 3.96. The Labute approximate surface area is 147 Å². The molecular weight excluding hydrogens is 320 g/mol. The lowest BCUT2D eigenvalue weighted by molar-refractivity contribution is 0.0441. The molecule has 1 saturated heterocycles. The first-order chi connectivity index (χ1) is 11.8. The van der Waals surface area contributed by atoms with Crippen LogP contribution in [0, 0.1) is 6.92 Å². The number of amides is 2. The fourth-order valence-electron chi connectivity index (χ4n) is 2.45. The minimum absolute atomic E-state index is 0.0310. The van der Waals surface area contributed by atoms with E-state index in [9.17, 15) is 4.79 Å². The molecule has 25 heavy (non-hydrogen) atoms. The Balaban J connectivity index is 1.42. The van der Waals surface area contributed by atoms with E-state index in [-0.39, 0.29) is 24.1 Å². The van der Waals surface area contributed by atoms with E-state index in [1.54, 1.807) is 4.90 Å². The number of urea groups is 1. The molecule has 3 rings (SSSR count). The van der Waals surface area contributed by atoms with Crippen LogP contribution in [-0.4, -0.2) is 40.3 Å². The van der Waals surface area contributed by atoms with Gasteiger partial charge in [0.05, 0.1) is 19.6 Å². The Bertz CT molecular complexity index is 745. The Morgan fingerprint density at radius 1 is 1.40 bits per heavy atom. The Morgan fingerprint density at radius 2 is 2.16 bits per heavy atom. The van der Waals surface area contributed by atoms with E-state index >= 15 is 0 Å². The number of nitrogens with one attached hydrogen (secondary N) is 1. The van der Waals surface area contributed by atoms with E-state index in [0.29, 0.717) is 24.8 Å². The van der Waals surface area contributed by atoms with Gasteiger partial charge in [0.1, 0.15) is 11.9 Å². The van der Waals surface area contributed by atoms with Crippen molar-refractivity contribution in [3.05, 3.63) is 41.5 Å². The SMILES string of the molecule is Cc1cccc(OC2CN(C(=O)NCc3nc(C(C)(C)C)no3)C2)c1.